The normalized spacial score (nSPS) is 13.6. The Morgan fingerprint density at radius 2 is 1.68 bits per heavy atom. The number of hydrogen-bond acceptors (Lipinski definition) is 2. The van der Waals surface area contributed by atoms with Gasteiger partial charge >= 0.3 is 0 Å². The molecular weight excluding hydrogens is 234 g/mol. The van der Waals surface area contributed by atoms with Crippen LogP contribution in [0.4, 0.5) is 0 Å². The number of aliphatic hydroxyl groups is 1. The second-order valence-electron chi connectivity index (χ2n) is 6.63. The number of benzene rings is 1. The van der Waals surface area contributed by atoms with E-state index in [9.17, 15) is 0 Å². The molecule has 0 aliphatic carbocycles. The highest BCUT2D eigenvalue weighted by Crippen LogP contribution is 2.27. The van der Waals surface area contributed by atoms with E-state index in [1.54, 1.807) is 0 Å². The van der Waals surface area contributed by atoms with Crippen LogP contribution in [0.1, 0.15) is 49.9 Å². The molecule has 2 heteroatoms. The third kappa shape index (κ3) is 4.63. The quantitative estimate of drug-likeness (QED) is 0.855. The highest BCUT2D eigenvalue weighted by molar-refractivity contribution is 5.40. The first kappa shape index (κ1) is 16.2. The average molecular weight is 263 g/mol. The second-order valence-corrected chi connectivity index (χ2v) is 6.63. The fraction of sp³-hybridized carbons (Fsp3) is 0.647. The molecule has 0 aromatic heterocycles. The fourth-order valence-electron chi connectivity index (χ4n) is 2.33. The van der Waals surface area contributed by atoms with Gasteiger partial charge in [0.1, 0.15) is 0 Å². The van der Waals surface area contributed by atoms with Gasteiger partial charge in [-0.15, -0.1) is 0 Å². The number of hydrogen-bond donors (Lipinski definition) is 2. The highest BCUT2D eigenvalue weighted by Gasteiger charge is 2.16. The smallest absolute Gasteiger partial charge is 0.0581 e. The lowest BCUT2D eigenvalue weighted by atomic mass is 9.83. The molecule has 0 radical (unpaired) electrons. The maximum Gasteiger partial charge on any atom is 0.0581 e. The van der Waals surface area contributed by atoms with Crippen molar-refractivity contribution in [3.05, 3.63) is 34.4 Å². The molecule has 0 saturated carbocycles. The van der Waals surface area contributed by atoms with Crippen molar-refractivity contribution in [1.29, 1.82) is 0 Å². The Balaban J connectivity index is 2.80. The molecule has 0 aliphatic rings. The van der Waals surface area contributed by atoms with Gasteiger partial charge in [-0.3, -0.25) is 0 Å². The molecule has 2 N–H and O–H groups in total. The van der Waals surface area contributed by atoms with Crippen LogP contribution in [0.5, 0.6) is 0 Å². The van der Waals surface area contributed by atoms with Crippen LogP contribution in [0.15, 0.2) is 12.1 Å². The van der Waals surface area contributed by atoms with E-state index in [0.29, 0.717) is 0 Å². The Labute approximate surface area is 118 Å². The molecule has 0 bridgehead atoms. The molecule has 108 valence electrons. The number of nitrogens with one attached hydrogen (secondary N) is 1. The van der Waals surface area contributed by atoms with Crippen molar-refractivity contribution in [2.45, 2.75) is 59.4 Å². The maximum absolute atomic E-state index is 9.00. The van der Waals surface area contributed by atoms with Crippen LogP contribution in [0.25, 0.3) is 0 Å². The molecule has 0 spiro atoms. The summed E-state index contributed by atoms with van der Waals surface area (Å²) >= 11 is 0. The van der Waals surface area contributed by atoms with Gasteiger partial charge in [-0.05, 0) is 61.4 Å². The van der Waals surface area contributed by atoms with E-state index in [1.807, 2.05) is 6.92 Å². The number of aliphatic hydroxyl groups excluding tert-OH is 1. The molecule has 0 aliphatic heterocycles. The Kier molecular flexibility index (Phi) is 5.57. The van der Waals surface area contributed by atoms with Gasteiger partial charge in [-0.1, -0.05) is 32.9 Å². The monoisotopic (exact) mass is 263 g/mol. The van der Waals surface area contributed by atoms with E-state index in [2.05, 4.69) is 52.1 Å². The van der Waals surface area contributed by atoms with Crippen LogP contribution >= 0.6 is 0 Å². The van der Waals surface area contributed by atoms with Crippen molar-refractivity contribution in [3.63, 3.8) is 0 Å². The van der Waals surface area contributed by atoms with Gasteiger partial charge in [0.15, 0.2) is 0 Å². The SMILES string of the molecule is Cc1cc(C(C)(C)C)cc(C)c1CCNC(C)CO. The molecule has 1 rings (SSSR count). The Morgan fingerprint density at radius 1 is 1.16 bits per heavy atom. The van der Waals surface area contributed by atoms with Crippen molar-refractivity contribution in [3.8, 4) is 0 Å². The summed E-state index contributed by atoms with van der Waals surface area (Å²) in [6.45, 7) is 14.3. The van der Waals surface area contributed by atoms with Crippen LogP contribution in [0, 0.1) is 13.8 Å². The van der Waals surface area contributed by atoms with Crippen LogP contribution in [-0.4, -0.2) is 24.3 Å². The maximum atomic E-state index is 9.00. The minimum Gasteiger partial charge on any atom is -0.395 e. The summed E-state index contributed by atoms with van der Waals surface area (Å²) in [7, 11) is 0. The van der Waals surface area contributed by atoms with Gasteiger partial charge < -0.3 is 10.4 Å². The fourth-order valence-corrected chi connectivity index (χ4v) is 2.33. The van der Waals surface area contributed by atoms with Gasteiger partial charge in [0.2, 0.25) is 0 Å². The van der Waals surface area contributed by atoms with Crippen molar-refractivity contribution >= 4 is 0 Å². The van der Waals surface area contributed by atoms with Crippen molar-refractivity contribution in [2.24, 2.45) is 0 Å². The molecule has 1 unspecified atom stereocenters. The molecule has 2 nitrogen and oxygen atoms in total. The highest BCUT2D eigenvalue weighted by atomic mass is 16.3. The van der Waals surface area contributed by atoms with Crippen LogP contribution in [0.3, 0.4) is 0 Å². The van der Waals surface area contributed by atoms with E-state index >= 15 is 0 Å². The summed E-state index contributed by atoms with van der Waals surface area (Å²) < 4.78 is 0. The summed E-state index contributed by atoms with van der Waals surface area (Å²) in [6, 6.07) is 4.81. The van der Waals surface area contributed by atoms with Crippen molar-refractivity contribution in [1.82, 2.24) is 5.32 Å². The number of rotatable bonds is 5. The molecule has 0 fully saturated rings. The lowest BCUT2D eigenvalue weighted by molar-refractivity contribution is 0.252. The summed E-state index contributed by atoms with van der Waals surface area (Å²) in [4.78, 5) is 0. The van der Waals surface area contributed by atoms with E-state index in [1.165, 1.54) is 22.3 Å². The first-order valence-corrected chi connectivity index (χ1v) is 7.20. The minimum absolute atomic E-state index is 0.175. The second kappa shape index (κ2) is 6.53. The lowest BCUT2D eigenvalue weighted by Crippen LogP contribution is -2.31. The average Bonchev–Trinajstić information content (AvgIpc) is 2.30. The molecule has 1 aromatic carbocycles. The lowest BCUT2D eigenvalue weighted by Gasteiger charge is -2.22. The summed E-state index contributed by atoms with van der Waals surface area (Å²) in [5, 5.41) is 12.3. The molecule has 1 aromatic rings. The Hall–Kier alpha value is -0.860. The zero-order chi connectivity index (χ0) is 14.6. The number of aryl methyl sites for hydroxylation is 2. The van der Waals surface area contributed by atoms with Gasteiger partial charge in [-0.25, -0.2) is 0 Å². The Morgan fingerprint density at radius 3 is 2.11 bits per heavy atom. The summed E-state index contributed by atoms with van der Waals surface area (Å²) in [5.74, 6) is 0. The molecule has 0 amide bonds. The van der Waals surface area contributed by atoms with Crippen LogP contribution in [-0.2, 0) is 11.8 Å². The van der Waals surface area contributed by atoms with Crippen molar-refractivity contribution < 1.29 is 5.11 Å². The zero-order valence-electron chi connectivity index (χ0n) is 13.3. The zero-order valence-corrected chi connectivity index (χ0v) is 13.3. The molecule has 0 saturated heterocycles. The predicted molar refractivity (Wildman–Crippen MR) is 82.9 cm³/mol. The standard InChI is InChI=1S/C17H29NO/c1-12-9-15(17(4,5)6)10-13(2)16(12)7-8-18-14(3)11-19/h9-10,14,18-19H,7-8,11H2,1-6H3. The van der Waals surface area contributed by atoms with E-state index in [0.717, 1.165) is 13.0 Å². The van der Waals surface area contributed by atoms with Crippen LogP contribution in [0.2, 0.25) is 0 Å². The van der Waals surface area contributed by atoms with Crippen molar-refractivity contribution in [2.75, 3.05) is 13.2 Å². The topological polar surface area (TPSA) is 32.3 Å². The Bertz CT molecular complexity index is 395. The van der Waals surface area contributed by atoms with Crippen LogP contribution < -0.4 is 5.32 Å². The molecule has 19 heavy (non-hydrogen) atoms. The van der Waals surface area contributed by atoms with Gasteiger partial charge in [0, 0.05) is 6.04 Å². The largest absolute Gasteiger partial charge is 0.395 e. The summed E-state index contributed by atoms with van der Waals surface area (Å²) in [6.07, 6.45) is 1.02. The van der Waals surface area contributed by atoms with E-state index in [4.69, 9.17) is 5.11 Å². The summed E-state index contributed by atoms with van der Waals surface area (Å²) in [5.41, 5.74) is 5.80. The molecule has 1 atom stereocenters. The van der Waals surface area contributed by atoms with Gasteiger partial charge in [0.25, 0.3) is 0 Å². The predicted octanol–water partition coefficient (Wildman–Crippen LogP) is 3.11. The van der Waals surface area contributed by atoms with E-state index in [-0.39, 0.29) is 18.1 Å². The minimum atomic E-state index is 0.175. The molecule has 0 heterocycles. The first-order valence-electron chi connectivity index (χ1n) is 7.20. The first-order chi connectivity index (χ1) is 8.75. The van der Waals surface area contributed by atoms with Gasteiger partial charge in [0.05, 0.1) is 6.61 Å². The third-order valence-corrected chi connectivity index (χ3v) is 3.70. The molecular formula is C17H29NO. The van der Waals surface area contributed by atoms with E-state index < -0.39 is 0 Å². The third-order valence-electron chi connectivity index (χ3n) is 3.70. The van der Waals surface area contributed by atoms with Gasteiger partial charge in [-0.2, -0.15) is 0 Å².